The molecule has 1 aliphatic heterocycles. The fourth-order valence-corrected chi connectivity index (χ4v) is 3.17. The predicted molar refractivity (Wildman–Crippen MR) is 106 cm³/mol. The molecule has 28 heavy (non-hydrogen) atoms. The van der Waals surface area contributed by atoms with Gasteiger partial charge < -0.3 is 15.4 Å². The summed E-state index contributed by atoms with van der Waals surface area (Å²) in [5, 5.41) is 8.83. The van der Waals surface area contributed by atoms with Crippen molar-refractivity contribution in [2.75, 3.05) is 17.7 Å². The first-order valence-electron chi connectivity index (χ1n) is 8.78. The Bertz CT molecular complexity index is 868. The Morgan fingerprint density at radius 2 is 1.46 bits per heavy atom. The van der Waals surface area contributed by atoms with Gasteiger partial charge in [0.05, 0.1) is 7.11 Å². The average Bonchev–Trinajstić information content (AvgIpc) is 3.20. The zero-order chi connectivity index (χ0) is 20.1. The highest BCUT2D eigenvalue weighted by Gasteiger charge is 2.30. The first-order valence-corrected chi connectivity index (χ1v) is 9.16. The van der Waals surface area contributed by atoms with Crippen LogP contribution < -0.4 is 16.0 Å². The second kappa shape index (κ2) is 8.86. The summed E-state index contributed by atoms with van der Waals surface area (Å²) in [4.78, 5) is 35.7. The van der Waals surface area contributed by atoms with E-state index in [4.69, 9.17) is 16.3 Å². The maximum absolute atomic E-state index is 12.1. The van der Waals surface area contributed by atoms with Crippen molar-refractivity contribution in [2.24, 2.45) is 0 Å². The number of hydrogen-bond donors (Lipinski definition) is 3. The van der Waals surface area contributed by atoms with Gasteiger partial charge >= 0.3 is 17.8 Å². The van der Waals surface area contributed by atoms with E-state index in [2.05, 4.69) is 16.0 Å². The van der Waals surface area contributed by atoms with Crippen LogP contribution in [0.15, 0.2) is 48.5 Å². The van der Waals surface area contributed by atoms with Crippen molar-refractivity contribution in [3.8, 4) is 0 Å². The molecule has 2 amide bonds. The molecule has 2 aromatic carbocycles. The van der Waals surface area contributed by atoms with E-state index < -0.39 is 11.8 Å². The van der Waals surface area contributed by atoms with E-state index in [-0.39, 0.29) is 18.1 Å². The lowest BCUT2D eigenvalue weighted by atomic mass is 10.0. The van der Waals surface area contributed by atoms with Crippen LogP contribution in [0.2, 0.25) is 5.02 Å². The maximum atomic E-state index is 12.1. The first kappa shape index (κ1) is 19.9. The van der Waals surface area contributed by atoms with Gasteiger partial charge in [0, 0.05) is 22.4 Å². The molecule has 146 valence electrons. The molecule has 0 unspecified atom stereocenters. The quantitative estimate of drug-likeness (QED) is 0.540. The molecule has 3 N–H and O–H groups in total. The Balaban J connectivity index is 1.55. The van der Waals surface area contributed by atoms with Crippen molar-refractivity contribution >= 4 is 40.8 Å². The van der Waals surface area contributed by atoms with Gasteiger partial charge in [-0.25, -0.2) is 0 Å². The standard InChI is InChI=1S/C20H20ClN3O4/c1-28-20(27)17-11-10-16(24-17)12-2-6-14(7-3-12)22-18(25)19(26)23-15-8-4-13(21)5-9-15/h2-9,16-17,24H,10-11H2,1H3,(H,22,25)(H,23,26)/t16-,17-/m0/s1. The third kappa shape index (κ3) is 4.88. The Morgan fingerprint density at radius 3 is 2.00 bits per heavy atom. The molecule has 1 fully saturated rings. The third-order valence-corrected chi connectivity index (χ3v) is 4.76. The summed E-state index contributed by atoms with van der Waals surface area (Å²) in [5.74, 6) is -1.81. The number of benzene rings is 2. The number of ether oxygens (including phenoxy) is 1. The van der Waals surface area contributed by atoms with Crippen LogP contribution in [-0.2, 0) is 19.1 Å². The highest BCUT2D eigenvalue weighted by Crippen LogP contribution is 2.27. The van der Waals surface area contributed by atoms with Gasteiger partial charge in [-0.3, -0.25) is 19.7 Å². The number of nitrogens with one attached hydrogen (secondary N) is 3. The van der Waals surface area contributed by atoms with Crippen molar-refractivity contribution in [3.63, 3.8) is 0 Å². The summed E-state index contributed by atoms with van der Waals surface area (Å²) in [5.41, 5.74) is 1.98. The van der Waals surface area contributed by atoms with Crippen LogP contribution in [0.1, 0.15) is 24.4 Å². The van der Waals surface area contributed by atoms with Crippen LogP contribution in [0.5, 0.6) is 0 Å². The molecule has 7 nitrogen and oxygen atoms in total. The van der Waals surface area contributed by atoms with Gasteiger partial charge in [-0.15, -0.1) is 0 Å². The van der Waals surface area contributed by atoms with Gasteiger partial charge in [-0.05, 0) is 54.8 Å². The van der Waals surface area contributed by atoms with Crippen LogP contribution in [-0.4, -0.2) is 30.9 Å². The molecule has 0 saturated carbocycles. The molecule has 0 radical (unpaired) electrons. The minimum Gasteiger partial charge on any atom is -0.468 e. The summed E-state index contributed by atoms with van der Waals surface area (Å²) in [6.07, 6.45) is 1.52. The van der Waals surface area contributed by atoms with Gasteiger partial charge in [0.25, 0.3) is 0 Å². The number of methoxy groups -OCH3 is 1. The molecule has 1 aliphatic rings. The van der Waals surface area contributed by atoms with E-state index in [9.17, 15) is 14.4 Å². The smallest absolute Gasteiger partial charge is 0.322 e. The van der Waals surface area contributed by atoms with Crippen LogP contribution in [0.3, 0.4) is 0 Å². The SMILES string of the molecule is COC(=O)[C@@H]1CC[C@@H](c2ccc(NC(=O)C(=O)Nc3ccc(Cl)cc3)cc2)N1. The summed E-state index contributed by atoms with van der Waals surface area (Å²) in [7, 11) is 1.37. The fraction of sp³-hybridized carbons (Fsp3) is 0.250. The van der Waals surface area contributed by atoms with E-state index in [0.717, 1.165) is 12.0 Å². The monoisotopic (exact) mass is 401 g/mol. The Labute approximate surface area is 167 Å². The molecule has 0 bridgehead atoms. The van der Waals surface area contributed by atoms with Gasteiger partial charge in [-0.2, -0.15) is 0 Å². The van der Waals surface area contributed by atoms with Crippen LogP contribution in [0, 0.1) is 0 Å². The minimum absolute atomic E-state index is 0.0436. The second-order valence-corrected chi connectivity index (χ2v) is 6.85. The number of carbonyl (C=O) groups is 3. The number of amides is 2. The molecule has 0 aliphatic carbocycles. The van der Waals surface area contributed by atoms with Crippen molar-refractivity contribution in [1.82, 2.24) is 5.32 Å². The van der Waals surface area contributed by atoms with Crippen molar-refractivity contribution in [1.29, 1.82) is 0 Å². The average molecular weight is 402 g/mol. The van der Waals surface area contributed by atoms with Crippen molar-refractivity contribution < 1.29 is 19.1 Å². The van der Waals surface area contributed by atoms with Crippen LogP contribution >= 0.6 is 11.6 Å². The van der Waals surface area contributed by atoms with E-state index in [0.29, 0.717) is 22.8 Å². The second-order valence-electron chi connectivity index (χ2n) is 6.41. The minimum atomic E-state index is -0.773. The summed E-state index contributed by atoms with van der Waals surface area (Å²) >= 11 is 5.79. The summed E-state index contributed by atoms with van der Waals surface area (Å²) in [6, 6.07) is 13.3. The molecule has 0 spiro atoms. The zero-order valence-corrected chi connectivity index (χ0v) is 16.0. The largest absolute Gasteiger partial charge is 0.468 e. The number of hydrogen-bond acceptors (Lipinski definition) is 5. The third-order valence-electron chi connectivity index (χ3n) is 4.51. The molecule has 2 aromatic rings. The molecular formula is C20H20ClN3O4. The van der Waals surface area contributed by atoms with Gasteiger partial charge in [0.2, 0.25) is 0 Å². The van der Waals surface area contributed by atoms with Gasteiger partial charge in [0.1, 0.15) is 6.04 Å². The van der Waals surface area contributed by atoms with Crippen molar-refractivity contribution in [2.45, 2.75) is 24.9 Å². The Hall–Kier alpha value is -2.90. The topological polar surface area (TPSA) is 96.5 Å². The number of rotatable bonds is 4. The van der Waals surface area contributed by atoms with Crippen LogP contribution in [0.25, 0.3) is 0 Å². The van der Waals surface area contributed by atoms with E-state index in [1.807, 2.05) is 12.1 Å². The molecule has 1 heterocycles. The normalized spacial score (nSPS) is 18.4. The van der Waals surface area contributed by atoms with Crippen LogP contribution in [0.4, 0.5) is 11.4 Å². The molecule has 8 heteroatoms. The molecule has 1 saturated heterocycles. The highest BCUT2D eigenvalue weighted by molar-refractivity contribution is 6.43. The maximum Gasteiger partial charge on any atom is 0.322 e. The number of halogens is 1. The number of carbonyl (C=O) groups excluding carboxylic acids is 3. The van der Waals surface area contributed by atoms with Gasteiger partial charge in [0.15, 0.2) is 0 Å². The fourth-order valence-electron chi connectivity index (χ4n) is 3.04. The Kier molecular flexibility index (Phi) is 6.28. The van der Waals surface area contributed by atoms with E-state index in [1.54, 1.807) is 36.4 Å². The number of esters is 1. The highest BCUT2D eigenvalue weighted by atomic mass is 35.5. The van der Waals surface area contributed by atoms with Gasteiger partial charge in [-0.1, -0.05) is 23.7 Å². The molecule has 3 rings (SSSR count). The first-order chi connectivity index (χ1) is 13.5. The Morgan fingerprint density at radius 1 is 0.929 bits per heavy atom. The predicted octanol–water partition coefficient (Wildman–Crippen LogP) is 2.88. The number of anilines is 2. The summed E-state index contributed by atoms with van der Waals surface area (Å²) < 4.78 is 4.76. The summed E-state index contributed by atoms with van der Waals surface area (Å²) in [6.45, 7) is 0. The lowest BCUT2D eigenvalue weighted by molar-refractivity contribution is -0.142. The van der Waals surface area contributed by atoms with E-state index in [1.165, 1.54) is 7.11 Å². The molecule has 0 aromatic heterocycles. The molecular weight excluding hydrogens is 382 g/mol. The molecule has 2 atom stereocenters. The van der Waals surface area contributed by atoms with E-state index >= 15 is 0 Å². The lowest BCUT2D eigenvalue weighted by Crippen LogP contribution is -2.33. The lowest BCUT2D eigenvalue weighted by Gasteiger charge is -2.14. The zero-order valence-electron chi connectivity index (χ0n) is 15.2. The van der Waals surface area contributed by atoms with Crippen molar-refractivity contribution in [3.05, 3.63) is 59.1 Å².